The number of nitrogens with two attached hydrogens (primary N) is 1. The van der Waals surface area contributed by atoms with Crippen LogP contribution in [0, 0.1) is 6.92 Å². The van der Waals surface area contributed by atoms with Crippen molar-refractivity contribution in [2.24, 2.45) is 5.73 Å². The fourth-order valence-electron chi connectivity index (χ4n) is 3.17. The second-order valence-electron chi connectivity index (χ2n) is 7.89. The van der Waals surface area contributed by atoms with Gasteiger partial charge in [-0.15, -0.1) is 22.7 Å². The molecule has 0 unspecified atom stereocenters. The molecule has 3 rings (SSSR count). The number of thiazole rings is 2. The van der Waals surface area contributed by atoms with Gasteiger partial charge in [-0.2, -0.15) is 0 Å². The summed E-state index contributed by atoms with van der Waals surface area (Å²) in [5, 5.41) is 3.31. The standard InChI is InChI=1S/C23H29N5O3S2/c1-6-31-18-8-7-15(21(24)29)11-16(18)12-19-26-17(13-32-19)20-14(2)25-22(33-20)23(30)28(5)10-9-27(3)4/h7-8,11,13H,6,9-10,12H2,1-5H3,(H2,24,29). The number of likely N-dealkylation sites (N-methyl/N-ethyl adjacent to an activating group) is 2. The van der Waals surface area contributed by atoms with Gasteiger partial charge in [0, 0.05) is 43.1 Å². The Morgan fingerprint density at radius 2 is 1.91 bits per heavy atom. The highest BCUT2D eigenvalue weighted by Gasteiger charge is 2.21. The van der Waals surface area contributed by atoms with Crippen LogP contribution >= 0.6 is 22.7 Å². The summed E-state index contributed by atoms with van der Waals surface area (Å²) in [5.41, 5.74) is 8.32. The lowest BCUT2D eigenvalue weighted by Gasteiger charge is -2.18. The zero-order valence-electron chi connectivity index (χ0n) is 19.5. The minimum absolute atomic E-state index is 0.0868. The fraction of sp³-hybridized carbons (Fsp3) is 0.391. The van der Waals surface area contributed by atoms with Crippen molar-refractivity contribution in [3.05, 3.63) is 50.4 Å². The number of aromatic nitrogens is 2. The van der Waals surface area contributed by atoms with E-state index in [0.29, 0.717) is 35.9 Å². The van der Waals surface area contributed by atoms with E-state index in [0.717, 1.165) is 33.4 Å². The van der Waals surface area contributed by atoms with E-state index < -0.39 is 5.91 Å². The van der Waals surface area contributed by atoms with E-state index in [1.54, 1.807) is 30.1 Å². The van der Waals surface area contributed by atoms with Gasteiger partial charge in [0.15, 0.2) is 5.01 Å². The second kappa shape index (κ2) is 10.9. The Balaban J connectivity index is 1.81. The Labute approximate surface area is 202 Å². The van der Waals surface area contributed by atoms with Crippen LogP contribution in [-0.4, -0.2) is 72.4 Å². The van der Waals surface area contributed by atoms with E-state index in [1.807, 2.05) is 38.2 Å². The van der Waals surface area contributed by atoms with Gasteiger partial charge in [-0.05, 0) is 46.1 Å². The summed E-state index contributed by atoms with van der Waals surface area (Å²) in [7, 11) is 5.75. The molecule has 2 amide bonds. The zero-order valence-corrected chi connectivity index (χ0v) is 21.2. The molecule has 0 aliphatic rings. The largest absolute Gasteiger partial charge is 0.494 e. The highest BCUT2D eigenvalue weighted by Crippen LogP contribution is 2.33. The molecule has 8 nitrogen and oxygen atoms in total. The first-order valence-electron chi connectivity index (χ1n) is 10.6. The molecule has 0 radical (unpaired) electrons. The minimum atomic E-state index is -0.479. The predicted octanol–water partition coefficient (Wildman–Crippen LogP) is 3.30. The summed E-state index contributed by atoms with van der Waals surface area (Å²) < 4.78 is 5.71. The maximum atomic E-state index is 12.8. The summed E-state index contributed by atoms with van der Waals surface area (Å²) in [6.07, 6.45) is 0.512. The van der Waals surface area contributed by atoms with Crippen LogP contribution in [-0.2, 0) is 6.42 Å². The number of aryl methyl sites for hydroxylation is 1. The highest BCUT2D eigenvalue weighted by molar-refractivity contribution is 7.17. The van der Waals surface area contributed by atoms with Crippen LogP contribution < -0.4 is 10.5 Å². The highest BCUT2D eigenvalue weighted by atomic mass is 32.1. The molecule has 0 atom stereocenters. The van der Waals surface area contributed by atoms with Crippen LogP contribution in [0.2, 0.25) is 0 Å². The first-order chi connectivity index (χ1) is 15.7. The Bertz CT molecular complexity index is 1140. The lowest BCUT2D eigenvalue weighted by atomic mass is 10.1. The molecule has 2 aromatic heterocycles. The maximum absolute atomic E-state index is 12.8. The smallest absolute Gasteiger partial charge is 0.282 e. The van der Waals surface area contributed by atoms with Crippen molar-refractivity contribution in [3.8, 4) is 16.3 Å². The maximum Gasteiger partial charge on any atom is 0.282 e. The van der Waals surface area contributed by atoms with E-state index >= 15 is 0 Å². The normalized spacial score (nSPS) is 11.1. The summed E-state index contributed by atoms with van der Waals surface area (Å²) in [5.74, 6) is 0.144. The van der Waals surface area contributed by atoms with Gasteiger partial charge in [0.05, 0.1) is 27.9 Å². The van der Waals surface area contributed by atoms with Crippen LogP contribution in [0.5, 0.6) is 5.75 Å². The molecule has 176 valence electrons. The molecule has 0 saturated carbocycles. The number of hydrogen-bond acceptors (Lipinski definition) is 8. The molecule has 1 aromatic carbocycles. The Morgan fingerprint density at radius 3 is 2.58 bits per heavy atom. The van der Waals surface area contributed by atoms with Crippen molar-refractivity contribution in [1.82, 2.24) is 19.8 Å². The predicted molar refractivity (Wildman–Crippen MR) is 132 cm³/mol. The van der Waals surface area contributed by atoms with Crippen molar-refractivity contribution in [2.45, 2.75) is 20.3 Å². The van der Waals surface area contributed by atoms with E-state index in [2.05, 4.69) is 4.98 Å². The van der Waals surface area contributed by atoms with Crippen LogP contribution in [0.1, 0.15) is 43.3 Å². The molecular formula is C23H29N5O3S2. The zero-order chi connectivity index (χ0) is 24.1. The van der Waals surface area contributed by atoms with Crippen molar-refractivity contribution >= 4 is 34.5 Å². The molecular weight excluding hydrogens is 458 g/mol. The first-order valence-corrected chi connectivity index (χ1v) is 12.3. The molecule has 3 aromatic rings. The molecule has 2 N–H and O–H groups in total. The number of primary amides is 1. The van der Waals surface area contributed by atoms with Crippen molar-refractivity contribution < 1.29 is 14.3 Å². The van der Waals surface area contributed by atoms with Gasteiger partial charge in [-0.1, -0.05) is 0 Å². The van der Waals surface area contributed by atoms with E-state index in [9.17, 15) is 9.59 Å². The van der Waals surface area contributed by atoms with Crippen LogP contribution in [0.3, 0.4) is 0 Å². The lowest BCUT2D eigenvalue weighted by Crippen LogP contribution is -2.33. The number of amides is 2. The summed E-state index contributed by atoms with van der Waals surface area (Å²) >= 11 is 2.88. The van der Waals surface area contributed by atoms with E-state index in [-0.39, 0.29) is 5.91 Å². The molecule has 10 heteroatoms. The van der Waals surface area contributed by atoms with Crippen LogP contribution in [0.4, 0.5) is 0 Å². The summed E-state index contributed by atoms with van der Waals surface area (Å²) in [6, 6.07) is 5.19. The van der Waals surface area contributed by atoms with Crippen molar-refractivity contribution in [2.75, 3.05) is 40.8 Å². The van der Waals surface area contributed by atoms with Gasteiger partial charge in [0.25, 0.3) is 5.91 Å². The topological polar surface area (TPSA) is 102 Å². The third-order valence-corrected chi connectivity index (χ3v) is 7.00. The second-order valence-corrected chi connectivity index (χ2v) is 9.83. The number of carbonyl (C=O) groups excluding carboxylic acids is 2. The Hall–Kier alpha value is -2.82. The summed E-state index contributed by atoms with van der Waals surface area (Å²) in [6.45, 7) is 5.75. The molecule has 2 heterocycles. The third-order valence-electron chi connectivity index (χ3n) is 4.98. The number of nitrogens with zero attached hydrogens (tertiary/aromatic N) is 4. The van der Waals surface area contributed by atoms with Crippen LogP contribution in [0.15, 0.2) is 23.6 Å². The number of benzene rings is 1. The van der Waals surface area contributed by atoms with Gasteiger partial charge in [-0.25, -0.2) is 9.97 Å². The number of hydrogen-bond donors (Lipinski definition) is 1. The van der Waals surface area contributed by atoms with Gasteiger partial charge in [-0.3, -0.25) is 9.59 Å². The molecule has 0 aliphatic heterocycles. The first kappa shape index (κ1) is 24.8. The number of ether oxygens (including phenoxy) is 1. The van der Waals surface area contributed by atoms with E-state index in [4.69, 9.17) is 15.5 Å². The fourth-order valence-corrected chi connectivity index (χ4v) is 5.07. The Kier molecular flexibility index (Phi) is 8.17. The van der Waals surface area contributed by atoms with Gasteiger partial charge < -0.3 is 20.3 Å². The van der Waals surface area contributed by atoms with Crippen molar-refractivity contribution in [1.29, 1.82) is 0 Å². The molecule has 0 fully saturated rings. The molecule has 0 bridgehead atoms. The van der Waals surface area contributed by atoms with Gasteiger partial charge in [0.2, 0.25) is 5.91 Å². The SMILES string of the molecule is CCOc1ccc(C(N)=O)cc1Cc1nc(-c2sc(C(=O)N(C)CCN(C)C)nc2C)cs1. The minimum Gasteiger partial charge on any atom is -0.494 e. The molecule has 0 saturated heterocycles. The van der Waals surface area contributed by atoms with Gasteiger partial charge in [0.1, 0.15) is 5.75 Å². The lowest BCUT2D eigenvalue weighted by molar-refractivity contribution is 0.0785. The molecule has 0 spiro atoms. The quantitative estimate of drug-likeness (QED) is 0.471. The van der Waals surface area contributed by atoms with Crippen molar-refractivity contribution in [3.63, 3.8) is 0 Å². The average molecular weight is 488 g/mol. The molecule has 0 aliphatic carbocycles. The number of carbonyl (C=O) groups is 2. The van der Waals surface area contributed by atoms with Crippen LogP contribution in [0.25, 0.3) is 10.6 Å². The monoisotopic (exact) mass is 487 g/mol. The number of rotatable bonds is 10. The van der Waals surface area contributed by atoms with E-state index in [1.165, 1.54) is 22.7 Å². The molecule has 33 heavy (non-hydrogen) atoms. The third kappa shape index (κ3) is 6.16. The average Bonchev–Trinajstić information content (AvgIpc) is 3.38. The van der Waals surface area contributed by atoms with Gasteiger partial charge >= 0.3 is 0 Å². The Morgan fingerprint density at radius 1 is 1.15 bits per heavy atom. The summed E-state index contributed by atoms with van der Waals surface area (Å²) in [4.78, 5) is 38.3.